The first-order valence-corrected chi connectivity index (χ1v) is 10.4. The summed E-state index contributed by atoms with van der Waals surface area (Å²) in [5, 5.41) is 8.27. The second-order valence-corrected chi connectivity index (χ2v) is 8.34. The Kier molecular flexibility index (Phi) is 5.02. The minimum absolute atomic E-state index is 0.00417. The fourth-order valence-electron chi connectivity index (χ4n) is 4.70. The van der Waals surface area contributed by atoms with Gasteiger partial charge >= 0.3 is 6.18 Å². The minimum atomic E-state index is -4.57. The molecule has 0 unspecified atom stereocenters. The highest BCUT2D eigenvalue weighted by Crippen LogP contribution is 2.44. The van der Waals surface area contributed by atoms with E-state index in [2.05, 4.69) is 25.1 Å². The van der Waals surface area contributed by atoms with Crippen LogP contribution in [-0.2, 0) is 6.18 Å². The van der Waals surface area contributed by atoms with E-state index in [1.807, 2.05) is 13.8 Å². The van der Waals surface area contributed by atoms with Crippen molar-refractivity contribution in [3.8, 4) is 11.6 Å². The van der Waals surface area contributed by atoms with Crippen LogP contribution in [0, 0.1) is 12.8 Å². The summed E-state index contributed by atoms with van der Waals surface area (Å²) in [4.78, 5) is 28.3. The van der Waals surface area contributed by atoms with Crippen LogP contribution in [0.2, 0.25) is 0 Å². The Morgan fingerprint density at radius 1 is 1.09 bits per heavy atom. The first kappa shape index (κ1) is 21.3. The quantitative estimate of drug-likeness (QED) is 0.592. The molecule has 1 amide bonds. The number of carbonyl (C=O) groups is 1. The molecule has 4 heterocycles. The van der Waals surface area contributed by atoms with E-state index in [4.69, 9.17) is 4.74 Å². The van der Waals surface area contributed by atoms with Crippen LogP contribution in [0.5, 0.6) is 5.88 Å². The molecular formula is C21H20F3N7O2. The molecule has 9 nitrogen and oxygen atoms in total. The van der Waals surface area contributed by atoms with E-state index in [0.29, 0.717) is 18.3 Å². The Hall–Kier alpha value is -3.57. The normalized spacial score (nSPS) is 24.3. The lowest BCUT2D eigenvalue weighted by Gasteiger charge is -2.37. The van der Waals surface area contributed by atoms with E-state index in [1.54, 1.807) is 17.2 Å². The summed E-state index contributed by atoms with van der Waals surface area (Å²) in [7, 11) is 0. The Bertz CT molecular complexity index is 1170. The molecule has 5 rings (SSSR count). The van der Waals surface area contributed by atoms with Gasteiger partial charge in [0.2, 0.25) is 5.88 Å². The van der Waals surface area contributed by atoms with Crippen molar-refractivity contribution in [3.63, 3.8) is 0 Å². The second-order valence-electron chi connectivity index (χ2n) is 8.34. The third-order valence-electron chi connectivity index (χ3n) is 6.25. The van der Waals surface area contributed by atoms with E-state index in [-0.39, 0.29) is 35.5 Å². The summed E-state index contributed by atoms with van der Waals surface area (Å²) in [5.74, 6) is -0.0762. The molecule has 1 saturated heterocycles. The average Bonchev–Trinajstić information content (AvgIpc) is 3.50. The molecule has 4 atom stereocenters. The van der Waals surface area contributed by atoms with Gasteiger partial charge in [0, 0.05) is 12.2 Å². The fraction of sp³-hybridized carbons (Fsp3) is 0.429. The van der Waals surface area contributed by atoms with Crippen molar-refractivity contribution in [2.45, 2.75) is 51.1 Å². The van der Waals surface area contributed by atoms with Crippen molar-refractivity contribution in [1.29, 1.82) is 0 Å². The zero-order valence-corrected chi connectivity index (χ0v) is 17.8. The maximum atomic E-state index is 13.6. The number of carbonyl (C=O) groups excluding carboxylic acids is 1. The highest BCUT2D eigenvalue weighted by molar-refractivity contribution is 5.96. The van der Waals surface area contributed by atoms with Crippen LogP contribution in [0.3, 0.4) is 0 Å². The lowest BCUT2D eigenvalue weighted by Crippen LogP contribution is -2.51. The highest BCUT2D eigenvalue weighted by atomic mass is 19.4. The molecule has 2 aliphatic rings. The molecular weight excluding hydrogens is 439 g/mol. The zero-order chi connectivity index (χ0) is 23.3. The van der Waals surface area contributed by atoms with Gasteiger partial charge < -0.3 is 9.64 Å². The van der Waals surface area contributed by atoms with Crippen molar-refractivity contribution in [2.75, 3.05) is 0 Å². The van der Waals surface area contributed by atoms with E-state index >= 15 is 0 Å². The molecule has 1 aliphatic carbocycles. The number of pyridine rings is 1. The number of rotatable bonds is 4. The summed E-state index contributed by atoms with van der Waals surface area (Å²) in [6.45, 7) is 3.85. The SMILES string of the molecule is Cc1cnc(C(=O)N2[C@H](C)[C@H]3C[C@@H](Oc4cnc(C(F)(F)F)cn4)[C@@H]2C3)c(-n2nccn2)c1. The average molecular weight is 459 g/mol. The molecule has 0 aromatic carbocycles. The van der Waals surface area contributed by atoms with E-state index in [0.717, 1.165) is 18.2 Å². The van der Waals surface area contributed by atoms with Crippen molar-refractivity contribution in [1.82, 2.24) is 34.8 Å². The number of hydrogen-bond donors (Lipinski definition) is 0. The molecule has 2 fully saturated rings. The van der Waals surface area contributed by atoms with E-state index < -0.39 is 18.0 Å². The van der Waals surface area contributed by atoms with Crippen LogP contribution in [0.1, 0.15) is 41.5 Å². The number of likely N-dealkylation sites (tertiary alicyclic amines) is 1. The first-order chi connectivity index (χ1) is 15.7. The highest BCUT2D eigenvalue weighted by Gasteiger charge is 2.53. The Morgan fingerprint density at radius 2 is 1.85 bits per heavy atom. The Morgan fingerprint density at radius 3 is 2.48 bits per heavy atom. The molecule has 3 aromatic rings. The number of aromatic nitrogens is 6. The minimum Gasteiger partial charge on any atom is -0.471 e. The number of ether oxygens (including phenoxy) is 1. The van der Waals surface area contributed by atoms with Gasteiger partial charge in [-0.15, -0.1) is 4.80 Å². The van der Waals surface area contributed by atoms with E-state index in [9.17, 15) is 18.0 Å². The number of nitrogens with zero attached hydrogens (tertiary/aromatic N) is 7. The molecule has 0 radical (unpaired) electrons. The smallest absolute Gasteiger partial charge is 0.434 e. The predicted molar refractivity (Wildman–Crippen MR) is 107 cm³/mol. The van der Waals surface area contributed by atoms with Crippen LogP contribution in [0.25, 0.3) is 5.69 Å². The Balaban J connectivity index is 1.39. The van der Waals surface area contributed by atoms with Gasteiger partial charge in [-0.1, -0.05) is 0 Å². The van der Waals surface area contributed by atoms with Gasteiger partial charge in [-0.3, -0.25) is 4.79 Å². The number of hydrogen-bond acceptors (Lipinski definition) is 7. The standard InChI is InChI=1S/C21H20F3N7O2/c1-11-5-15(31-28-3-4-29-31)19(27-8-11)20(32)30-12(2)13-6-14(30)16(7-13)33-18-10-25-17(9-26-18)21(22,23)24/h3-5,8-10,12-14,16H,6-7H2,1-2H3/t12-,13-,14+,16-/m1/s1. The summed E-state index contributed by atoms with van der Waals surface area (Å²) in [5.41, 5.74) is 0.477. The maximum absolute atomic E-state index is 13.6. The van der Waals surface area contributed by atoms with Crippen molar-refractivity contribution >= 4 is 5.91 Å². The molecule has 1 saturated carbocycles. The van der Waals surface area contributed by atoms with Gasteiger partial charge in [0.05, 0.1) is 30.8 Å². The van der Waals surface area contributed by atoms with Gasteiger partial charge in [-0.2, -0.15) is 23.4 Å². The van der Waals surface area contributed by atoms with Gasteiger partial charge in [0.15, 0.2) is 11.4 Å². The second kappa shape index (κ2) is 7.78. The largest absolute Gasteiger partial charge is 0.471 e. The molecule has 0 N–H and O–H groups in total. The number of fused-ring (bicyclic) bond motifs is 2. The summed E-state index contributed by atoms with van der Waals surface area (Å²) in [6, 6.07) is 1.50. The lowest BCUT2D eigenvalue weighted by atomic mass is 9.98. The van der Waals surface area contributed by atoms with Crippen LogP contribution in [0.4, 0.5) is 13.2 Å². The van der Waals surface area contributed by atoms with Gasteiger partial charge in [-0.25, -0.2) is 15.0 Å². The monoisotopic (exact) mass is 459 g/mol. The number of alkyl halides is 3. The van der Waals surface area contributed by atoms with Crippen LogP contribution < -0.4 is 4.74 Å². The first-order valence-electron chi connectivity index (χ1n) is 10.4. The molecule has 33 heavy (non-hydrogen) atoms. The molecule has 0 spiro atoms. The fourth-order valence-corrected chi connectivity index (χ4v) is 4.70. The zero-order valence-electron chi connectivity index (χ0n) is 17.8. The number of halogens is 3. The third-order valence-corrected chi connectivity index (χ3v) is 6.25. The van der Waals surface area contributed by atoms with Crippen LogP contribution in [-0.4, -0.2) is 58.9 Å². The third kappa shape index (κ3) is 3.79. The van der Waals surface area contributed by atoms with Crippen LogP contribution in [0.15, 0.2) is 37.1 Å². The molecule has 12 heteroatoms. The maximum Gasteiger partial charge on any atom is 0.434 e. The van der Waals surface area contributed by atoms with Crippen molar-refractivity contribution in [2.24, 2.45) is 5.92 Å². The molecule has 1 aliphatic heterocycles. The number of piperidine rings is 1. The number of amides is 1. The van der Waals surface area contributed by atoms with Crippen molar-refractivity contribution < 1.29 is 22.7 Å². The van der Waals surface area contributed by atoms with Gasteiger partial charge in [0.25, 0.3) is 5.91 Å². The molecule has 2 bridgehead atoms. The molecule has 172 valence electrons. The summed E-state index contributed by atoms with van der Waals surface area (Å²) < 4.78 is 44.1. The van der Waals surface area contributed by atoms with Crippen LogP contribution >= 0.6 is 0 Å². The predicted octanol–water partition coefficient (Wildman–Crippen LogP) is 2.85. The Labute approximate surface area is 186 Å². The summed E-state index contributed by atoms with van der Waals surface area (Å²) in [6.07, 6.45) is 2.70. The van der Waals surface area contributed by atoms with E-state index in [1.165, 1.54) is 17.2 Å². The topological polar surface area (TPSA) is 98.9 Å². The van der Waals surface area contributed by atoms with Gasteiger partial charge in [-0.05, 0) is 44.2 Å². The van der Waals surface area contributed by atoms with Crippen molar-refractivity contribution in [3.05, 3.63) is 54.0 Å². The lowest BCUT2D eigenvalue weighted by molar-refractivity contribution is -0.141. The number of aryl methyl sites for hydroxylation is 1. The van der Waals surface area contributed by atoms with Gasteiger partial charge in [0.1, 0.15) is 11.8 Å². The summed E-state index contributed by atoms with van der Waals surface area (Å²) >= 11 is 0. The molecule has 3 aromatic heterocycles.